The first-order valence-corrected chi connectivity index (χ1v) is 6.75. The van der Waals surface area contributed by atoms with E-state index in [2.05, 4.69) is 36.3 Å². The van der Waals surface area contributed by atoms with E-state index < -0.39 is 0 Å². The molecule has 0 saturated carbocycles. The molecule has 0 aliphatic carbocycles. The maximum atomic E-state index is 5.94. The van der Waals surface area contributed by atoms with Crippen LogP contribution >= 0.6 is 11.6 Å². The van der Waals surface area contributed by atoms with E-state index in [1.165, 1.54) is 11.1 Å². The first-order chi connectivity index (χ1) is 9.17. The molecule has 0 spiro atoms. The zero-order valence-corrected chi connectivity index (χ0v) is 11.9. The molecule has 0 atom stereocenters. The molecule has 0 saturated heterocycles. The summed E-state index contributed by atoms with van der Waals surface area (Å²) in [5.41, 5.74) is 4.35. The first kappa shape index (κ1) is 13.6. The van der Waals surface area contributed by atoms with Crippen LogP contribution in [-0.4, -0.2) is 11.7 Å². The van der Waals surface area contributed by atoms with E-state index in [-0.39, 0.29) is 0 Å². The van der Waals surface area contributed by atoms with Gasteiger partial charge in [0.25, 0.3) is 0 Å². The quantitative estimate of drug-likeness (QED) is 0.489. The van der Waals surface area contributed by atoms with Gasteiger partial charge in [0.1, 0.15) is 5.84 Å². The molecule has 0 aliphatic rings. The van der Waals surface area contributed by atoms with Crippen LogP contribution in [0.2, 0.25) is 0 Å². The number of aryl methyl sites for hydroxylation is 2. The lowest BCUT2D eigenvalue weighted by Gasteiger charge is -2.08. The molecule has 0 aromatic heterocycles. The topological polar surface area (TPSA) is 24.4 Å². The predicted molar refractivity (Wildman–Crippen MR) is 83.8 cm³/mol. The maximum Gasteiger partial charge on any atom is 0.122 e. The molecule has 0 fully saturated rings. The van der Waals surface area contributed by atoms with E-state index in [9.17, 15) is 0 Å². The largest absolute Gasteiger partial charge is 0.343 e. The van der Waals surface area contributed by atoms with Crippen LogP contribution in [0.3, 0.4) is 0 Å². The smallest absolute Gasteiger partial charge is 0.122 e. The van der Waals surface area contributed by atoms with Gasteiger partial charge in [-0.25, -0.2) is 4.99 Å². The van der Waals surface area contributed by atoms with Gasteiger partial charge in [-0.05, 0) is 38.1 Å². The molecule has 2 aromatic carbocycles. The average Bonchev–Trinajstić information content (AvgIpc) is 2.43. The van der Waals surface area contributed by atoms with Crippen LogP contribution in [-0.2, 0) is 0 Å². The summed E-state index contributed by atoms with van der Waals surface area (Å²) < 4.78 is 0. The fourth-order valence-electron chi connectivity index (χ4n) is 1.67. The summed E-state index contributed by atoms with van der Waals surface area (Å²) in [6, 6.07) is 16.2. The summed E-state index contributed by atoms with van der Waals surface area (Å²) in [6.45, 7) is 4.12. The monoisotopic (exact) mass is 272 g/mol. The minimum Gasteiger partial charge on any atom is -0.343 e. The van der Waals surface area contributed by atoms with Crippen molar-refractivity contribution in [2.75, 3.05) is 11.2 Å². The van der Waals surface area contributed by atoms with Crippen LogP contribution in [0, 0.1) is 13.8 Å². The summed E-state index contributed by atoms with van der Waals surface area (Å²) in [7, 11) is 0. The van der Waals surface area contributed by atoms with E-state index in [0.29, 0.717) is 5.88 Å². The van der Waals surface area contributed by atoms with E-state index >= 15 is 0 Å². The van der Waals surface area contributed by atoms with Gasteiger partial charge >= 0.3 is 0 Å². The number of aliphatic imine (C=N–C) groups is 1. The van der Waals surface area contributed by atoms with Crippen molar-refractivity contribution in [3.63, 3.8) is 0 Å². The van der Waals surface area contributed by atoms with Crippen molar-refractivity contribution in [1.29, 1.82) is 0 Å². The summed E-state index contributed by atoms with van der Waals surface area (Å²) >= 11 is 5.94. The van der Waals surface area contributed by atoms with E-state index in [0.717, 1.165) is 17.2 Å². The highest BCUT2D eigenvalue weighted by atomic mass is 35.5. The number of anilines is 1. The molecule has 0 aliphatic heterocycles. The highest BCUT2D eigenvalue weighted by Crippen LogP contribution is 2.15. The maximum absolute atomic E-state index is 5.94. The SMILES string of the molecule is Cc1ccc(N=C(CCl)Nc2ccc(C)cc2)cc1. The van der Waals surface area contributed by atoms with Crippen LogP contribution < -0.4 is 5.32 Å². The molecule has 1 N–H and O–H groups in total. The van der Waals surface area contributed by atoms with E-state index in [4.69, 9.17) is 11.6 Å². The van der Waals surface area contributed by atoms with Gasteiger partial charge in [-0.3, -0.25) is 0 Å². The van der Waals surface area contributed by atoms with Crippen molar-refractivity contribution in [2.45, 2.75) is 13.8 Å². The first-order valence-electron chi connectivity index (χ1n) is 6.21. The standard InChI is InChI=1S/C16H17ClN2/c1-12-3-7-14(8-4-12)18-16(11-17)19-15-9-5-13(2)6-10-15/h3-10H,11H2,1-2H3,(H,18,19). The van der Waals surface area contributed by atoms with Gasteiger partial charge < -0.3 is 5.32 Å². The number of rotatable bonds is 3. The second kappa shape index (κ2) is 6.39. The lowest BCUT2D eigenvalue weighted by molar-refractivity contribution is 1.41. The van der Waals surface area contributed by atoms with Gasteiger partial charge in [0.15, 0.2) is 0 Å². The second-order valence-electron chi connectivity index (χ2n) is 4.52. The Morgan fingerprint density at radius 3 is 2.00 bits per heavy atom. The van der Waals surface area contributed by atoms with Gasteiger partial charge in [0.05, 0.1) is 11.6 Å². The highest BCUT2D eigenvalue weighted by molar-refractivity contribution is 6.30. The number of hydrogen-bond donors (Lipinski definition) is 1. The van der Waals surface area contributed by atoms with Gasteiger partial charge in [0, 0.05) is 5.69 Å². The molecular weight excluding hydrogens is 256 g/mol. The number of hydrogen-bond acceptors (Lipinski definition) is 1. The number of halogens is 1. The van der Waals surface area contributed by atoms with Crippen molar-refractivity contribution in [2.24, 2.45) is 4.99 Å². The number of nitrogens with zero attached hydrogens (tertiary/aromatic N) is 1. The Morgan fingerprint density at radius 1 is 0.947 bits per heavy atom. The average molecular weight is 273 g/mol. The van der Waals surface area contributed by atoms with Crippen LogP contribution in [0.25, 0.3) is 0 Å². The van der Waals surface area contributed by atoms with E-state index in [1.807, 2.05) is 36.4 Å². The Labute approximate surface area is 119 Å². The van der Waals surface area contributed by atoms with Crippen LogP contribution in [0.1, 0.15) is 11.1 Å². The van der Waals surface area contributed by atoms with Crippen molar-refractivity contribution >= 4 is 28.8 Å². The third kappa shape index (κ3) is 4.11. The Balaban J connectivity index is 2.15. The van der Waals surface area contributed by atoms with Gasteiger partial charge in [-0.2, -0.15) is 0 Å². The van der Waals surface area contributed by atoms with Crippen molar-refractivity contribution in [3.05, 3.63) is 59.7 Å². The molecule has 2 rings (SSSR count). The molecule has 2 aromatic rings. The summed E-state index contributed by atoms with van der Waals surface area (Å²) in [4.78, 5) is 4.51. The molecule has 0 heterocycles. The second-order valence-corrected chi connectivity index (χ2v) is 4.79. The Kier molecular flexibility index (Phi) is 4.58. The van der Waals surface area contributed by atoms with Crippen molar-refractivity contribution in [1.82, 2.24) is 0 Å². The molecule has 0 unspecified atom stereocenters. The fraction of sp³-hybridized carbons (Fsp3) is 0.188. The Bertz CT molecular complexity index is 556. The molecule has 0 bridgehead atoms. The Hall–Kier alpha value is -1.80. The summed E-state index contributed by atoms with van der Waals surface area (Å²) in [5.74, 6) is 1.09. The molecule has 3 heteroatoms. The molecule has 2 nitrogen and oxygen atoms in total. The number of nitrogens with one attached hydrogen (secondary N) is 1. The zero-order valence-electron chi connectivity index (χ0n) is 11.2. The lowest BCUT2D eigenvalue weighted by Crippen LogP contribution is -2.13. The van der Waals surface area contributed by atoms with Gasteiger partial charge in [-0.1, -0.05) is 35.4 Å². The molecule has 98 valence electrons. The minimum absolute atomic E-state index is 0.349. The van der Waals surface area contributed by atoms with E-state index in [1.54, 1.807) is 0 Å². The fourth-order valence-corrected chi connectivity index (χ4v) is 1.80. The van der Waals surface area contributed by atoms with Crippen LogP contribution in [0.15, 0.2) is 53.5 Å². The van der Waals surface area contributed by atoms with Gasteiger partial charge in [-0.15, -0.1) is 11.6 Å². The van der Waals surface area contributed by atoms with Crippen LogP contribution in [0.5, 0.6) is 0 Å². The third-order valence-electron chi connectivity index (χ3n) is 2.76. The summed E-state index contributed by atoms with van der Waals surface area (Å²) in [5, 5.41) is 3.24. The molecule has 0 amide bonds. The number of benzene rings is 2. The molecule has 19 heavy (non-hydrogen) atoms. The Morgan fingerprint density at radius 2 is 1.47 bits per heavy atom. The van der Waals surface area contributed by atoms with Crippen LogP contribution in [0.4, 0.5) is 11.4 Å². The highest BCUT2D eigenvalue weighted by Gasteiger charge is 1.99. The van der Waals surface area contributed by atoms with Crippen molar-refractivity contribution < 1.29 is 0 Å². The number of alkyl halides is 1. The third-order valence-corrected chi connectivity index (χ3v) is 3.02. The summed E-state index contributed by atoms with van der Waals surface area (Å²) in [6.07, 6.45) is 0. The van der Waals surface area contributed by atoms with Gasteiger partial charge in [0.2, 0.25) is 0 Å². The van der Waals surface area contributed by atoms with Crippen molar-refractivity contribution in [3.8, 4) is 0 Å². The predicted octanol–water partition coefficient (Wildman–Crippen LogP) is 4.68. The zero-order chi connectivity index (χ0) is 13.7. The molecule has 0 radical (unpaired) electrons. The lowest BCUT2D eigenvalue weighted by atomic mass is 10.2. The molecular formula is C16H17ClN2. The minimum atomic E-state index is 0.349. The normalized spacial score (nSPS) is 11.4. The number of amidine groups is 1.